The molecule has 1 aromatic carbocycles. The van der Waals surface area contributed by atoms with E-state index < -0.39 is 0 Å². The van der Waals surface area contributed by atoms with E-state index in [1.165, 1.54) is 3.57 Å². The molecule has 1 N–H and O–H groups in total. The number of pyridine rings is 1. The molecule has 0 saturated heterocycles. The molecule has 0 saturated carbocycles. The third kappa shape index (κ3) is 2.99. The van der Waals surface area contributed by atoms with E-state index in [4.69, 9.17) is 12.2 Å². The summed E-state index contributed by atoms with van der Waals surface area (Å²) in [5, 5.41) is 3.16. The number of aromatic nitrogens is 1. The van der Waals surface area contributed by atoms with Gasteiger partial charge in [-0.2, -0.15) is 0 Å². The first-order valence-corrected chi connectivity index (χ1v) is 6.22. The second-order valence-corrected chi connectivity index (χ2v) is 4.83. The van der Waals surface area contributed by atoms with Gasteiger partial charge in [0.1, 0.15) is 4.99 Å². The molecular formula is C12H9IN2S. The Morgan fingerprint density at radius 3 is 2.75 bits per heavy atom. The number of nitrogens with zero attached hydrogens (tertiary/aromatic N) is 1. The Balaban J connectivity index is 2.14. The Kier molecular flexibility index (Phi) is 3.84. The van der Waals surface area contributed by atoms with E-state index in [-0.39, 0.29) is 0 Å². The largest absolute Gasteiger partial charge is 0.345 e. The molecule has 0 amide bonds. The summed E-state index contributed by atoms with van der Waals surface area (Å²) in [6.45, 7) is 0. The summed E-state index contributed by atoms with van der Waals surface area (Å²) >= 11 is 7.54. The average molecular weight is 340 g/mol. The Morgan fingerprint density at radius 2 is 2.06 bits per heavy atom. The smallest absolute Gasteiger partial charge is 0.129 e. The molecule has 80 valence electrons. The minimum Gasteiger partial charge on any atom is -0.345 e. The minimum absolute atomic E-state index is 0.641. The van der Waals surface area contributed by atoms with Crippen LogP contribution < -0.4 is 5.32 Å². The van der Waals surface area contributed by atoms with Gasteiger partial charge in [0.2, 0.25) is 0 Å². The van der Waals surface area contributed by atoms with Crippen LogP contribution in [0.15, 0.2) is 48.7 Å². The van der Waals surface area contributed by atoms with Crippen molar-refractivity contribution in [3.63, 3.8) is 0 Å². The number of halogens is 1. The summed E-state index contributed by atoms with van der Waals surface area (Å²) < 4.78 is 1.17. The second kappa shape index (κ2) is 5.36. The molecule has 16 heavy (non-hydrogen) atoms. The molecule has 0 aliphatic heterocycles. The van der Waals surface area contributed by atoms with Crippen molar-refractivity contribution in [2.24, 2.45) is 0 Å². The summed E-state index contributed by atoms with van der Waals surface area (Å²) in [6, 6.07) is 13.7. The molecule has 2 nitrogen and oxygen atoms in total. The van der Waals surface area contributed by atoms with Gasteiger partial charge in [0, 0.05) is 15.5 Å². The van der Waals surface area contributed by atoms with Crippen molar-refractivity contribution in [3.05, 3.63) is 57.9 Å². The first-order chi connectivity index (χ1) is 7.75. The summed E-state index contributed by atoms with van der Waals surface area (Å²) in [4.78, 5) is 4.83. The third-order valence-corrected chi connectivity index (χ3v) is 2.96. The maximum atomic E-state index is 5.27. The number of rotatable bonds is 2. The van der Waals surface area contributed by atoms with Crippen molar-refractivity contribution in [2.45, 2.75) is 0 Å². The molecule has 0 radical (unpaired) electrons. The van der Waals surface area contributed by atoms with Crippen molar-refractivity contribution in [1.29, 1.82) is 0 Å². The topological polar surface area (TPSA) is 24.9 Å². The van der Waals surface area contributed by atoms with Crippen LogP contribution >= 0.6 is 34.8 Å². The number of hydrogen-bond acceptors (Lipinski definition) is 2. The van der Waals surface area contributed by atoms with Gasteiger partial charge >= 0.3 is 0 Å². The maximum Gasteiger partial charge on any atom is 0.129 e. The van der Waals surface area contributed by atoms with Gasteiger partial charge in [-0.05, 0) is 52.9 Å². The fourth-order valence-corrected chi connectivity index (χ4v) is 2.04. The second-order valence-electron chi connectivity index (χ2n) is 3.18. The molecule has 2 rings (SSSR count). The minimum atomic E-state index is 0.641. The van der Waals surface area contributed by atoms with Gasteiger partial charge in [0.05, 0.1) is 5.69 Å². The Hall–Kier alpha value is -1.01. The van der Waals surface area contributed by atoms with Crippen LogP contribution in [0.2, 0.25) is 0 Å². The molecule has 0 aliphatic carbocycles. The monoisotopic (exact) mass is 340 g/mol. The Bertz CT molecular complexity index is 499. The van der Waals surface area contributed by atoms with Crippen molar-refractivity contribution in [3.8, 4) is 0 Å². The average Bonchev–Trinajstić information content (AvgIpc) is 2.30. The zero-order valence-electron chi connectivity index (χ0n) is 8.35. The highest BCUT2D eigenvalue weighted by Gasteiger charge is 2.01. The van der Waals surface area contributed by atoms with Gasteiger partial charge in [0.15, 0.2) is 0 Å². The fourth-order valence-electron chi connectivity index (χ4n) is 1.26. The lowest BCUT2D eigenvalue weighted by atomic mass is 10.3. The van der Waals surface area contributed by atoms with Crippen molar-refractivity contribution in [2.75, 3.05) is 5.32 Å². The van der Waals surface area contributed by atoms with Crippen LogP contribution in [0.5, 0.6) is 0 Å². The predicted octanol–water partition coefficient (Wildman–Crippen LogP) is 3.47. The SMILES string of the molecule is S=C(Nc1cccc(I)c1)c1ccccn1. The van der Waals surface area contributed by atoms with Gasteiger partial charge in [-0.3, -0.25) is 4.98 Å². The fraction of sp³-hybridized carbons (Fsp3) is 0. The molecule has 1 aromatic heterocycles. The van der Waals surface area contributed by atoms with E-state index in [1.807, 2.05) is 42.5 Å². The lowest BCUT2D eigenvalue weighted by molar-refractivity contribution is 1.30. The molecule has 0 bridgehead atoms. The summed E-state index contributed by atoms with van der Waals surface area (Å²) in [7, 11) is 0. The van der Waals surface area contributed by atoms with E-state index in [9.17, 15) is 0 Å². The summed E-state index contributed by atoms with van der Waals surface area (Å²) in [6.07, 6.45) is 1.73. The molecule has 0 spiro atoms. The van der Waals surface area contributed by atoms with E-state index >= 15 is 0 Å². The molecule has 0 unspecified atom stereocenters. The zero-order valence-corrected chi connectivity index (χ0v) is 11.3. The van der Waals surface area contributed by atoms with Crippen molar-refractivity contribution >= 4 is 45.5 Å². The van der Waals surface area contributed by atoms with E-state index in [0.717, 1.165) is 11.4 Å². The van der Waals surface area contributed by atoms with E-state index in [2.05, 4.69) is 32.9 Å². The molecule has 2 aromatic rings. The molecule has 0 atom stereocenters. The highest BCUT2D eigenvalue weighted by Crippen LogP contribution is 2.13. The number of thiocarbonyl (C=S) groups is 1. The number of hydrogen-bond donors (Lipinski definition) is 1. The number of benzene rings is 1. The van der Waals surface area contributed by atoms with Crippen LogP contribution in [-0.4, -0.2) is 9.97 Å². The van der Waals surface area contributed by atoms with Crippen LogP contribution in [-0.2, 0) is 0 Å². The van der Waals surface area contributed by atoms with Crippen LogP contribution in [0.4, 0.5) is 5.69 Å². The molecular weight excluding hydrogens is 331 g/mol. The van der Waals surface area contributed by atoms with Crippen LogP contribution in [0.25, 0.3) is 0 Å². The van der Waals surface area contributed by atoms with Gasteiger partial charge in [0.25, 0.3) is 0 Å². The molecule has 4 heteroatoms. The van der Waals surface area contributed by atoms with E-state index in [0.29, 0.717) is 4.99 Å². The normalized spacial score (nSPS) is 9.81. The van der Waals surface area contributed by atoms with Crippen molar-refractivity contribution < 1.29 is 0 Å². The molecule has 0 fully saturated rings. The zero-order chi connectivity index (χ0) is 11.4. The maximum absolute atomic E-state index is 5.27. The van der Waals surface area contributed by atoms with Crippen LogP contribution in [0, 0.1) is 3.57 Å². The first kappa shape index (κ1) is 11.5. The Labute approximate surface area is 113 Å². The molecule has 1 heterocycles. The third-order valence-electron chi connectivity index (χ3n) is 1.98. The lowest BCUT2D eigenvalue weighted by Crippen LogP contribution is -2.11. The number of anilines is 1. The highest BCUT2D eigenvalue weighted by atomic mass is 127. The van der Waals surface area contributed by atoms with Crippen molar-refractivity contribution in [1.82, 2.24) is 4.98 Å². The highest BCUT2D eigenvalue weighted by molar-refractivity contribution is 14.1. The van der Waals surface area contributed by atoms with Gasteiger partial charge < -0.3 is 5.32 Å². The molecule has 0 aliphatic rings. The van der Waals surface area contributed by atoms with Crippen LogP contribution in [0.3, 0.4) is 0 Å². The first-order valence-electron chi connectivity index (χ1n) is 4.73. The summed E-state index contributed by atoms with van der Waals surface area (Å²) in [5.74, 6) is 0. The van der Waals surface area contributed by atoms with Crippen LogP contribution in [0.1, 0.15) is 5.69 Å². The van der Waals surface area contributed by atoms with Gasteiger partial charge in [-0.1, -0.05) is 24.4 Å². The quantitative estimate of drug-likeness (QED) is 0.669. The van der Waals surface area contributed by atoms with Gasteiger partial charge in [-0.15, -0.1) is 0 Å². The lowest BCUT2D eigenvalue weighted by Gasteiger charge is -2.07. The predicted molar refractivity (Wildman–Crippen MR) is 78.7 cm³/mol. The number of nitrogens with one attached hydrogen (secondary N) is 1. The van der Waals surface area contributed by atoms with E-state index in [1.54, 1.807) is 6.20 Å². The standard InChI is InChI=1S/C12H9IN2S/c13-9-4-3-5-10(8-9)15-12(16)11-6-1-2-7-14-11/h1-8H,(H,15,16). The Morgan fingerprint density at radius 1 is 1.19 bits per heavy atom. The van der Waals surface area contributed by atoms with Gasteiger partial charge in [-0.25, -0.2) is 0 Å². The summed E-state index contributed by atoms with van der Waals surface area (Å²) in [5.41, 5.74) is 1.78.